The largest absolute Gasteiger partial charge is 0.317 e. The Balaban J connectivity index is 1.95. The molecule has 2 rings (SSSR count). The van der Waals surface area contributed by atoms with Crippen molar-refractivity contribution in [2.75, 3.05) is 5.32 Å². The Morgan fingerprint density at radius 2 is 1.90 bits per heavy atom. The molecule has 2 N–H and O–H groups in total. The quantitative estimate of drug-likeness (QED) is 0.814. The van der Waals surface area contributed by atoms with E-state index >= 15 is 0 Å². The summed E-state index contributed by atoms with van der Waals surface area (Å²) >= 11 is 8.27. The number of benzene rings is 1. The molecule has 1 amide bonds. The minimum Gasteiger partial charge on any atom is -0.317 e. The maximum atomic E-state index is 12.8. The fourth-order valence-corrected chi connectivity index (χ4v) is 1.81. The Labute approximate surface area is 128 Å². The van der Waals surface area contributed by atoms with E-state index in [0.717, 1.165) is 4.47 Å². The summed E-state index contributed by atoms with van der Waals surface area (Å²) in [6, 6.07) is 8.68. The van der Waals surface area contributed by atoms with Crippen molar-refractivity contribution in [3.63, 3.8) is 0 Å². The molecule has 4 nitrogen and oxygen atoms in total. The van der Waals surface area contributed by atoms with E-state index in [1.54, 1.807) is 18.3 Å². The summed E-state index contributed by atoms with van der Waals surface area (Å²) in [6.07, 6.45) is 1.60. The third kappa shape index (κ3) is 4.07. The minimum atomic E-state index is -0.417. The normalized spacial score (nSPS) is 9.90. The number of aromatic nitrogens is 1. The molecule has 1 heterocycles. The lowest BCUT2D eigenvalue weighted by Crippen LogP contribution is -2.34. The number of nitrogens with zero attached hydrogens (tertiary/aromatic N) is 1. The van der Waals surface area contributed by atoms with Crippen molar-refractivity contribution in [1.29, 1.82) is 0 Å². The molecule has 0 saturated heterocycles. The fourth-order valence-electron chi connectivity index (χ4n) is 1.37. The van der Waals surface area contributed by atoms with Crippen molar-refractivity contribution in [1.82, 2.24) is 10.3 Å². The van der Waals surface area contributed by atoms with Crippen LogP contribution in [0.15, 0.2) is 47.1 Å². The topological polar surface area (TPSA) is 54.0 Å². The molecule has 0 aliphatic rings. The monoisotopic (exact) mass is 353 g/mol. The van der Waals surface area contributed by atoms with Crippen molar-refractivity contribution in [2.45, 2.75) is 0 Å². The summed E-state index contributed by atoms with van der Waals surface area (Å²) in [5.74, 6) is -0.307. The molecule has 1 aromatic heterocycles. The highest BCUT2D eigenvalue weighted by Gasteiger charge is 2.08. The molecular formula is C13H9BrFN3OS. The molecule has 0 aliphatic carbocycles. The Hall–Kier alpha value is -1.86. The molecule has 2 aromatic rings. The second-order valence-corrected chi connectivity index (χ2v) is 5.10. The summed E-state index contributed by atoms with van der Waals surface area (Å²) in [6.45, 7) is 0. The third-order valence-electron chi connectivity index (χ3n) is 2.30. The summed E-state index contributed by atoms with van der Waals surface area (Å²) < 4.78 is 13.6. The predicted octanol–water partition coefficient (Wildman–Crippen LogP) is 3.11. The van der Waals surface area contributed by atoms with Gasteiger partial charge in [0.25, 0.3) is 5.91 Å². The number of nitrogens with one attached hydrogen (secondary N) is 2. The van der Waals surface area contributed by atoms with Crippen LogP contribution < -0.4 is 10.6 Å². The summed E-state index contributed by atoms with van der Waals surface area (Å²) in [4.78, 5) is 15.9. The fraction of sp³-hybridized carbons (Fsp3) is 0. The van der Waals surface area contributed by atoms with Gasteiger partial charge in [0.2, 0.25) is 0 Å². The van der Waals surface area contributed by atoms with E-state index in [0.29, 0.717) is 11.4 Å². The second kappa shape index (κ2) is 6.53. The zero-order valence-corrected chi connectivity index (χ0v) is 12.5. The lowest BCUT2D eigenvalue weighted by Gasteiger charge is -2.08. The highest BCUT2D eigenvalue weighted by Crippen LogP contribution is 2.10. The van der Waals surface area contributed by atoms with E-state index in [-0.39, 0.29) is 5.11 Å². The van der Waals surface area contributed by atoms with Gasteiger partial charge in [-0.3, -0.25) is 10.1 Å². The first-order valence-electron chi connectivity index (χ1n) is 5.54. The number of carbonyl (C=O) groups excluding carboxylic acids is 1. The molecule has 0 bridgehead atoms. The highest BCUT2D eigenvalue weighted by molar-refractivity contribution is 9.10. The third-order valence-corrected chi connectivity index (χ3v) is 2.98. The summed E-state index contributed by atoms with van der Waals surface area (Å²) in [5.41, 5.74) is 0.319. The Kier molecular flexibility index (Phi) is 4.75. The molecule has 0 atom stereocenters. The van der Waals surface area contributed by atoms with Crippen LogP contribution in [0.25, 0.3) is 0 Å². The maximum Gasteiger partial charge on any atom is 0.257 e. The van der Waals surface area contributed by atoms with Crippen LogP contribution in [0, 0.1) is 5.82 Å². The second-order valence-electron chi connectivity index (χ2n) is 3.78. The van der Waals surface area contributed by atoms with Crippen LogP contribution in [0.5, 0.6) is 0 Å². The van der Waals surface area contributed by atoms with Crippen molar-refractivity contribution in [3.8, 4) is 0 Å². The Morgan fingerprint density at radius 3 is 2.50 bits per heavy atom. The molecular weight excluding hydrogens is 345 g/mol. The van der Waals surface area contributed by atoms with Gasteiger partial charge < -0.3 is 5.32 Å². The Morgan fingerprint density at radius 1 is 1.20 bits per heavy atom. The van der Waals surface area contributed by atoms with Gasteiger partial charge in [-0.25, -0.2) is 9.37 Å². The van der Waals surface area contributed by atoms with Crippen LogP contribution in [-0.2, 0) is 0 Å². The van der Waals surface area contributed by atoms with Gasteiger partial charge in [0, 0.05) is 16.2 Å². The highest BCUT2D eigenvalue weighted by atomic mass is 79.9. The molecule has 1 aromatic carbocycles. The standard InChI is InChI=1S/C13H9BrFN3OS/c14-9-3-6-11(16-7-9)17-13(20)18-12(19)8-1-4-10(15)5-2-8/h1-7H,(H2,16,17,18,19,20). The van der Waals surface area contributed by atoms with E-state index < -0.39 is 11.7 Å². The number of carbonyl (C=O) groups is 1. The molecule has 0 saturated carbocycles. The molecule has 0 fully saturated rings. The SMILES string of the molecule is O=C(NC(=S)Nc1ccc(Br)cn1)c1ccc(F)cc1. The molecule has 7 heteroatoms. The van der Waals surface area contributed by atoms with Crippen LogP contribution >= 0.6 is 28.1 Å². The number of hydrogen-bond acceptors (Lipinski definition) is 3. The molecule has 20 heavy (non-hydrogen) atoms. The van der Waals surface area contributed by atoms with E-state index in [9.17, 15) is 9.18 Å². The zero-order chi connectivity index (χ0) is 14.5. The van der Waals surface area contributed by atoms with E-state index in [1.165, 1.54) is 24.3 Å². The first-order chi connectivity index (χ1) is 9.54. The summed E-state index contributed by atoms with van der Waals surface area (Å²) in [5, 5.41) is 5.38. The van der Waals surface area contributed by atoms with Crippen molar-refractivity contribution >= 4 is 45.0 Å². The van der Waals surface area contributed by atoms with E-state index in [2.05, 4.69) is 31.5 Å². The molecule has 0 spiro atoms. The number of pyridine rings is 1. The lowest BCUT2D eigenvalue weighted by atomic mass is 10.2. The van der Waals surface area contributed by atoms with Crippen LogP contribution in [0.4, 0.5) is 10.2 Å². The van der Waals surface area contributed by atoms with E-state index in [1.807, 2.05) is 0 Å². The zero-order valence-electron chi connectivity index (χ0n) is 10.1. The number of amides is 1. The van der Waals surface area contributed by atoms with Gasteiger partial charge in [0.1, 0.15) is 11.6 Å². The van der Waals surface area contributed by atoms with Gasteiger partial charge in [-0.2, -0.15) is 0 Å². The predicted molar refractivity (Wildman–Crippen MR) is 82.0 cm³/mol. The number of hydrogen-bond donors (Lipinski definition) is 2. The van der Waals surface area contributed by atoms with Gasteiger partial charge in [-0.15, -0.1) is 0 Å². The van der Waals surface area contributed by atoms with Gasteiger partial charge in [0.05, 0.1) is 0 Å². The van der Waals surface area contributed by atoms with Crippen molar-refractivity contribution in [2.24, 2.45) is 0 Å². The first kappa shape index (κ1) is 14.5. The summed E-state index contributed by atoms with van der Waals surface area (Å²) in [7, 11) is 0. The molecule has 0 aliphatic heterocycles. The minimum absolute atomic E-state index is 0.120. The van der Waals surface area contributed by atoms with Crippen LogP contribution in [0.3, 0.4) is 0 Å². The van der Waals surface area contributed by atoms with Gasteiger partial charge >= 0.3 is 0 Å². The Bertz CT molecular complexity index is 631. The van der Waals surface area contributed by atoms with Gasteiger partial charge in [-0.1, -0.05) is 0 Å². The van der Waals surface area contributed by atoms with Crippen LogP contribution in [0.1, 0.15) is 10.4 Å². The van der Waals surface area contributed by atoms with Crippen molar-refractivity contribution < 1.29 is 9.18 Å². The van der Waals surface area contributed by atoms with Crippen LogP contribution in [-0.4, -0.2) is 16.0 Å². The molecule has 0 radical (unpaired) electrons. The number of thiocarbonyl (C=S) groups is 1. The number of anilines is 1. The average molecular weight is 354 g/mol. The van der Waals surface area contributed by atoms with Gasteiger partial charge in [-0.05, 0) is 64.5 Å². The average Bonchev–Trinajstić information content (AvgIpc) is 2.42. The lowest BCUT2D eigenvalue weighted by molar-refractivity contribution is 0.0977. The van der Waals surface area contributed by atoms with E-state index in [4.69, 9.17) is 12.2 Å². The first-order valence-corrected chi connectivity index (χ1v) is 6.74. The molecule has 0 unspecified atom stereocenters. The molecule has 102 valence electrons. The number of rotatable bonds is 2. The van der Waals surface area contributed by atoms with Crippen molar-refractivity contribution in [3.05, 3.63) is 58.4 Å². The smallest absolute Gasteiger partial charge is 0.257 e. The van der Waals surface area contributed by atoms with Gasteiger partial charge in [0.15, 0.2) is 5.11 Å². The number of halogens is 2. The van der Waals surface area contributed by atoms with Crippen LogP contribution in [0.2, 0.25) is 0 Å². The maximum absolute atomic E-state index is 12.8.